The van der Waals surface area contributed by atoms with E-state index >= 15 is 0 Å². The molecule has 0 radical (unpaired) electrons. The van der Waals surface area contributed by atoms with Crippen LogP contribution in [0.3, 0.4) is 0 Å². The summed E-state index contributed by atoms with van der Waals surface area (Å²) in [7, 11) is 0. The maximum atomic E-state index is 11.4. The van der Waals surface area contributed by atoms with Crippen molar-refractivity contribution in [2.45, 2.75) is 40.2 Å². The van der Waals surface area contributed by atoms with Crippen LogP contribution in [0.2, 0.25) is 0 Å². The summed E-state index contributed by atoms with van der Waals surface area (Å²) in [5, 5.41) is 2.82. The van der Waals surface area contributed by atoms with E-state index in [2.05, 4.69) is 5.32 Å². The molecule has 25 heavy (non-hydrogen) atoms. The molecule has 1 N–H and O–H groups in total. The van der Waals surface area contributed by atoms with Crippen LogP contribution in [-0.2, 0) is 28.5 Å². The van der Waals surface area contributed by atoms with Gasteiger partial charge in [0, 0.05) is 13.0 Å². The highest BCUT2D eigenvalue weighted by molar-refractivity contribution is 5.75. The SMILES string of the molecule is CC(C)CC(=O)NCCOCCOCCOCCOCCOC(C)C. The van der Waals surface area contributed by atoms with Gasteiger partial charge in [-0.15, -0.1) is 0 Å². The van der Waals surface area contributed by atoms with Crippen molar-refractivity contribution in [2.24, 2.45) is 5.92 Å². The molecule has 0 atom stereocenters. The molecule has 0 rings (SSSR count). The molecule has 0 aromatic carbocycles. The lowest BCUT2D eigenvalue weighted by molar-refractivity contribution is -0.122. The number of ether oxygens (including phenoxy) is 5. The molecule has 0 unspecified atom stereocenters. The molecule has 0 aliphatic carbocycles. The first-order chi connectivity index (χ1) is 12.0. The summed E-state index contributed by atoms with van der Waals surface area (Å²) in [6.07, 6.45) is 0.796. The summed E-state index contributed by atoms with van der Waals surface area (Å²) in [4.78, 5) is 11.4. The van der Waals surface area contributed by atoms with Crippen LogP contribution in [0.25, 0.3) is 0 Å². The van der Waals surface area contributed by atoms with Gasteiger partial charge >= 0.3 is 0 Å². The van der Waals surface area contributed by atoms with Gasteiger partial charge in [0.25, 0.3) is 0 Å². The summed E-state index contributed by atoms with van der Waals surface area (Å²) >= 11 is 0. The lowest BCUT2D eigenvalue weighted by Crippen LogP contribution is -2.28. The Kier molecular flexibility index (Phi) is 17.5. The highest BCUT2D eigenvalue weighted by Gasteiger charge is 2.03. The van der Waals surface area contributed by atoms with Gasteiger partial charge in [-0.3, -0.25) is 4.79 Å². The molecule has 0 aromatic rings. The van der Waals surface area contributed by atoms with Gasteiger partial charge in [0.1, 0.15) is 0 Å². The smallest absolute Gasteiger partial charge is 0.220 e. The summed E-state index contributed by atoms with van der Waals surface area (Å²) in [5.41, 5.74) is 0. The lowest BCUT2D eigenvalue weighted by Gasteiger charge is -2.09. The number of carbonyl (C=O) groups is 1. The van der Waals surface area contributed by atoms with Gasteiger partial charge in [-0.05, 0) is 19.8 Å². The second-order valence-corrected chi connectivity index (χ2v) is 6.32. The highest BCUT2D eigenvalue weighted by Crippen LogP contribution is 1.97. The number of hydrogen-bond acceptors (Lipinski definition) is 6. The van der Waals surface area contributed by atoms with Crippen molar-refractivity contribution in [1.82, 2.24) is 5.32 Å². The van der Waals surface area contributed by atoms with Crippen LogP contribution in [-0.4, -0.2) is 78.0 Å². The van der Waals surface area contributed by atoms with E-state index < -0.39 is 0 Å². The summed E-state index contributed by atoms with van der Waals surface area (Å²) in [6, 6.07) is 0. The molecule has 1 amide bonds. The lowest BCUT2D eigenvalue weighted by atomic mass is 10.1. The third-order valence-electron chi connectivity index (χ3n) is 2.96. The van der Waals surface area contributed by atoms with E-state index in [1.165, 1.54) is 0 Å². The zero-order valence-corrected chi connectivity index (χ0v) is 16.4. The van der Waals surface area contributed by atoms with E-state index in [4.69, 9.17) is 23.7 Å². The number of nitrogens with one attached hydrogen (secondary N) is 1. The normalized spacial score (nSPS) is 11.4. The van der Waals surface area contributed by atoms with E-state index in [1.807, 2.05) is 27.7 Å². The Morgan fingerprint density at radius 1 is 0.720 bits per heavy atom. The van der Waals surface area contributed by atoms with Gasteiger partial charge in [-0.25, -0.2) is 0 Å². The molecule has 7 nitrogen and oxygen atoms in total. The van der Waals surface area contributed by atoms with Gasteiger partial charge in [-0.1, -0.05) is 13.8 Å². The number of rotatable bonds is 18. The van der Waals surface area contributed by atoms with Crippen LogP contribution in [0.15, 0.2) is 0 Å². The minimum absolute atomic E-state index is 0.0726. The van der Waals surface area contributed by atoms with Gasteiger partial charge in [-0.2, -0.15) is 0 Å². The zero-order chi connectivity index (χ0) is 18.8. The van der Waals surface area contributed by atoms with Crippen molar-refractivity contribution >= 4 is 5.91 Å². The Morgan fingerprint density at radius 3 is 1.60 bits per heavy atom. The van der Waals surface area contributed by atoms with Gasteiger partial charge in [0.2, 0.25) is 5.91 Å². The third-order valence-corrected chi connectivity index (χ3v) is 2.96. The van der Waals surface area contributed by atoms with E-state index in [1.54, 1.807) is 0 Å². The average Bonchev–Trinajstić information content (AvgIpc) is 2.53. The van der Waals surface area contributed by atoms with E-state index in [9.17, 15) is 4.79 Å². The van der Waals surface area contributed by atoms with E-state index in [0.717, 1.165) is 0 Å². The maximum absolute atomic E-state index is 11.4. The van der Waals surface area contributed by atoms with Crippen molar-refractivity contribution < 1.29 is 28.5 Å². The largest absolute Gasteiger partial charge is 0.377 e. The van der Waals surface area contributed by atoms with Crippen molar-refractivity contribution in [2.75, 3.05) is 66.0 Å². The molecule has 0 spiro atoms. The summed E-state index contributed by atoms with van der Waals surface area (Å²) < 4.78 is 26.9. The van der Waals surface area contributed by atoms with Gasteiger partial charge in [0.05, 0.1) is 65.6 Å². The Balaban J connectivity index is 3.08. The van der Waals surface area contributed by atoms with Crippen molar-refractivity contribution in [3.63, 3.8) is 0 Å². The van der Waals surface area contributed by atoms with Crippen molar-refractivity contribution in [3.8, 4) is 0 Å². The van der Waals surface area contributed by atoms with Crippen molar-refractivity contribution in [3.05, 3.63) is 0 Å². The molecule has 0 aliphatic heterocycles. The fourth-order valence-corrected chi connectivity index (χ4v) is 1.81. The zero-order valence-electron chi connectivity index (χ0n) is 16.4. The number of carbonyl (C=O) groups excluding carboxylic acids is 1. The third kappa shape index (κ3) is 21.2. The molecule has 0 fully saturated rings. The molecular formula is C18H37NO6. The molecular weight excluding hydrogens is 326 g/mol. The molecule has 0 heterocycles. The topological polar surface area (TPSA) is 75.3 Å². The molecule has 150 valence electrons. The standard InChI is InChI=1S/C18H37NO6/c1-16(2)15-18(20)19-5-6-21-7-8-22-9-10-23-11-12-24-13-14-25-17(3)4/h16-17H,5-15H2,1-4H3,(H,19,20). The average molecular weight is 363 g/mol. The first-order valence-corrected chi connectivity index (χ1v) is 9.21. The number of hydrogen-bond donors (Lipinski definition) is 1. The second kappa shape index (κ2) is 18.1. The summed E-state index contributed by atoms with van der Waals surface area (Å²) in [5.74, 6) is 0.449. The molecule has 0 aromatic heterocycles. The fraction of sp³-hybridized carbons (Fsp3) is 0.944. The molecule has 0 aliphatic rings. The van der Waals surface area contributed by atoms with Crippen molar-refractivity contribution in [1.29, 1.82) is 0 Å². The van der Waals surface area contributed by atoms with Crippen LogP contribution in [0.1, 0.15) is 34.1 Å². The molecule has 7 heteroatoms. The van der Waals surface area contributed by atoms with Crippen LogP contribution in [0.4, 0.5) is 0 Å². The van der Waals surface area contributed by atoms with Crippen LogP contribution in [0.5, 0.6) is 0 Å². The summed E-state index contributed by atoms with van der Waals surface area (Å²) in [6.45, 7) is 13.5. The number of amides is 1. The molecule has 0 saturated heterocycles. The maximum Gasteiger partial charge on any atom is 0.220 e. The minimum atomic E-state index is 0.0726. The predicted molar refractivity (Wildman–Crippen MR) is 96.8 cm³/mol. The molecule has 0 saturated carbocycles. The second-order valence-electron chi connectivity index (χ2n) is 6.32. The Morgan fingerprint density at radius 2 is 1.16 bits per heavy atom. The Bertz CT molecular complexity index is 299. The Hall–Kier alpha value is -0.730. The van der Waals surface area contributed by atoms with Crippen LogP contribution in [0, 0.1) is 5.92 Å². The predicted octanol–water partition coefficient (Wildman–Crippen LogP) is 1.64. The minimum Gasteiger partial charge on any atom is -0.377 e. The first kappa shape index (κ1) is 24.3. The van der Waals surface area contributed by atoms with Gasteiger partial charge < -0.3 is 29.0 Å². The van der Waals surface area contributed by atoms with Crippen LogP contribution >= 0.6 is 0 Å². The highest BCUT2D eigenvalue weighted by atomic mass is 16.6. The van der Waals surface area contributed by atoms with E-state index in [0.29, 0.717) is 78.3 Å². The van der Waals surface area contributed by atoms with Crippen LogP contribution < -0.4 is 5.32 Å². The monoisotopic (exact) mass is 363 g/mol. The van der Waals surface area contributed by atoms with E-state index in [-0.39, 0.29) is 12.0 Å². The quantitative estimate of drug-likeness (QED) is 0.373. The Labute approximate surface area is 152 Å². The first-order valence-electron chi connectivity index (χ1n) is 9.21. The van der Waals surface area contributed by atoms with Gasteiger partial charge in [0.15, 0.2) is 0 Å². The fourth-order valence-electron chi connectivity index (χ4n) is 1.81. The molecule has 0 bridgehead atoms.